The van der Waals surface area contributed by atoms with Crippen LogP contribution in [0, 0.1) is 11.3 Å². The monoisotopic (exact) mass is 412 g/mol. The summed E-state index contributed by atoms with van der Waals surface area (Å²) in [5.41, 5.74) is 4.24. The number of ether oxygens (including phenoxy) is 1. The second-order valence-corrected chi connectivity index (χ2v) is 7.61. The molecule has 0 amide bonds. The Morgan fingerprint density at radius 2 is 1.68 bits per heavy atom. The number of nitrogens with one attached hydrogen (secondary N) is 1. The highest BCUT2D eigenvalue weighted by molar-refractivity contribution is 5.84. The van der Waals surface area contributed by atoms with Crippen LogP contribution in [0.25, 0.3) is 10.9 Å². The zero-order valence-corrected chi connectivity index (χ0v) is 17.2. The SMILES string of the molecule is N#Cc1ccc(OC[C@@H](O)C[NH2+]C[C@@H](c2ccccc2)c2c[nH]c3ccccc23)cc1. The van der Waals surface area contributed by atoms with Crippen LogP contribution < -0.4 is 10.1 Å². The van der Waals surface area contributed by atoms with E-state index in [1.165, 1.54) is 16.5 Å². The van der Waals surface area contributed by atoms with E-state index in [9.17, 15) is 5.11 Å². The predicted molar refractivity (Wildman–Crippen MR) is 121 cm³/mol. The zero-order valence-electron chi connectivity index (χ0n) is 17.2. The van der Waals surface area contributed by atoms with E-state index >= 15 is 0 Å². The lowest BCUT2D eigenvalue weighted by atomic mass is 9.91. The molecule has 0 fully saturated rings. The minimum absolute atomic E-state index is 0.212. The van der Waals surface area contributed by atoms with Crippen LogP contribution in [0.1, 0.15) is 22.6 Å². The van der Waals surface area contributed by atoms with Crippen molar-refractivity contribution in [3.05, 3.63) is 102 Å². The summed E-state index contributed by atoms with van der Waals surface area (Å²) in [5, 5.41) is 22.6. The van der Waals surface area contributed by atoms with Gasteiger partial charge in [-0.1, -0.05) is 48.5 Å². The normalized spacial score (nSPS) is 12.9. The molecule has 0 unspecified atom stereocenters. The quantitative estimate of drug-likeness (QED) is 0.395. The lowest BCUT2D eigenvalue weighted by Crippen LogP contribution is -2.87. The van der Waals surface area contributed by atoms with E-state index in [0.717, 1.165) is 12.1 Å². The molecule has 0 aliphatic heterocycles. The van der Waals surface area contributed by atoms with Gasteiger partial charge in [0.2, 0.25) is 0 Å². The van der Waals surface area contributed by atoms with Gasteiger partial charge >= 0.3 is 0 Å². The molecule has 0 saturated heterocycles. The molecule has 0 spiro atoms. The third-order valence-corrected chi connectivity index (χ3v) is 5.47. The molecular weight excluding hydrogens is 386 g/mol. The topological polar surface area (TPSA) is 85.7 Å². The number of benzene rings is 3. The van der Waals surface area contributed by atoms with Gasteiger partial charge in [0.1, 0.15) is 25.0 Å². The largest absolute Gasteiger partial charge is 0.491 e. The number of aliphatic hydroxyl groups is 1. The number of aliphatic hydroxyl groups excluding tert-OH is 1. The number of hydrogen-bond acceptors (Lipinski definition) is 3. The Balaban J connectivity index is 1.38. The first-order valence-electron chi connectivity index (χ1n) is 10.5. The number of quaternary nitrogens is 1. The molecule has 2 atom stereocenters. The molecule has 3 aromatic carbocycles. The number of nitrogens with zero attached hydrogens (tertiary/aromatic N) is 1. The van der Waals surface area contributed by atoms with Crippen molar-refractivity contribution in [2.45, 2.75) is 12.0 Å². The average molecular weight is 413 g/mol. The molecule has 31 heavy (non-hydrogen) atoms. The van der Waals surface area contributed by atoms with Crippen LogP contribution in [0.2, 0.25) is 0 Å². The van der Waals surface area contributed by atoms with E-state index in [4.69, 9.17) is 10.00 Å². The fraction of sp³-hybridized carbons (Fsp3) is 0.192. The van der Waals surface area contributed by atoms with Crippen molar-refractivity contribution in [3.8, 4) is 11.8 Å². The van der Waals surface area contributed by atoms with Crippen LogP contribution >= 0.6 is 0 Å². The summed E-state index contributed by atoms with van der Waals surface area (Å²) in [6, 6.07) is 27.8. The Morgan fingerprint density at radius 1 is 0.935 bits per heavy atom. The highest BCUT2D eigenvalue weighted by Gasteiger charge is 2.20. The Bertz CT molecular complexity index is 1150. The first kappa shape index (κ1) is 20.7. The molecule has 5 nitrogen and oxygen atoms in total. The summed E-state index contributed by atoms with van der Waals surface area (Å²) < 4.78 is 5.65. The van der Waals surface area contributed by atoms with Gasteiger partial charge in [0, 0.05) is 17.1 Å². The van der Waals surface area contributed by atoms with Gasteiger partial charge in [0.05, 0.1) is 24.1 Å². The van der Waals surface area contributed by atoms with Crippen LogP contribution in [0.4, 0.5) is 0 Å². The van der Waals surface area contributed by atoms with E-state index in [2.05, 4.69) is 65.0 Å². The van der Waals surface area contributed by atoms with Crippen LogP contribution in [0.3, 0.4) is 0 Å². The van der Waals surface area contributed by atoms with Gasteiger partial charge in [0.15, 0.2) is 0 Å². The zero-order chi connectivity index (χ0) is 21.5. The van der Waals surface area contributed by atoms with E-state index in [0.29, 0.717) is 17.9 Å². The summed E-state index contributed by atoms with van der Waals surface area (Å²) in [4.78, 5) is 3.38. The van der Waals surface area contributed by atoms with Crippen molar-refractivity contribution < 1.29 is 15.2 Å². The van der Waals surface area contributed by atoms with E-state index < -0.39 is 6.10 Å². The summed E-state index contributed by atoms with van der Waals surface area (Å²) in [7, 11) is 0. The third kappa shape index (κ3) is 5.13. The van der Waals surface area contributed by atoms with Gasteiger partial charge < -0.3 is 20.1 Å². The van der Waals surface area contributed by atoms with Gasteiger partial charge in [0.25, 0.3) is 0 Å². The molecule has 1 aromatic heterocycles. The molecule has 1 heterocycles. The molecule has 0 saturated carbocycles. The Morgan fingerprint density at radius 3 is 2.45 bits per heavy atom. The number of hydrogen-bond donors (Lipinski definition) is 3. The number of para-hydroxylation sites is 1. The molecule has 0 bridgehead atoms. The number of fused-ring (bicyclic) bond motifs is 1. The lowest BCUT2D eigenvalue weighted by molar-refractivity contribution is -0.662. The maximum Gasteiger partial charge on any atom is 0.137 e. The van der Waals surface area contributed by atoms with Crippen molar-refractivity contribution in [3.63, 3.8) is 0 Å². The number of aromatic nitrogens is 1. The van der Waals surface area contributed by atoms with E-state index in [1.54, 1.807) is 24.3 Å². The second-order valence-electron chi connectivity index (χ2n) is 7.61. The van der Waals surface area contributed by atoms with Gasteiger partial charge in [-0.05, 0) is 41.5 Å². The first-order valence-corrected chi connectivity index (χ1v) is 10.5. The van der Waals surface area contributed by atoms with Crippen molar-refractivity contribution in [1.29, 1.82) is 5.26 Å². The van der Waals surface area contributed by atoms with Crippen molar-refractivity contribution in [1.82, 2.24) is 4.98 Å². The number of nitriles is 1. The molecule has 4 aromatic rings. The minimum atomic E-state index is -0.588. The van der Waals surface area contributed by atoms with Crippen LogP contribution in [0.15, 0.2) is 85.1 Å². The minimum Gasteiger partial charge on any atom is -0.491 e. The summed E-state index contributed by atoms with van der Waals surface area (Å²) in [5.74, 6) is 0.864. The maximum absolute atomic E-state index is 10.4. The second kappa shape index (κ2) is 9.94. The molecule has 5 heteroatoms. The Hall–Kier alpha value is -3.59. The third-order valence-electron chi connectivity index (χ3n) is 5.47. The smallest absolute Gasteiger partial charge is 0.137 e. The molecule has 4 N–H and O–H groups in total. The summed E-state index contributed by atoms with van der Waals surface area (Å²) in [6.45, 7) is 1.58. The fourth-order valence-corrected chi connectivity index (χ4v) is 3.85. The molecular formula is C26H26N3O2+. The van der Waals surface area contributed by atoms with Crippen molar-refractivity contribution in [2.75, 3.05) is 19.7 Å². The molecule has 4 rings (SSSR count). The van der Waals surface area contributed by atoms with Gasteiger partial charge in [-0.15, -0.1) is 0 Å². The standard InChI is InChI=1S/C26H25N3O2/c27-14-19-10-12-22(13-11-19)31-18-21(30)15-28-16-24(20-6-2-1-3-7-20)25-17-29-26-9-5-4-8-23(25)26/h1-13,17,21,24,28-30H,15-16,18H2/p+1/t21-,24-/m0/s1. The Kier molecular flexibility index (Phi) is 6.63. The number of H-pyrrole nitrogens is 1. The number of rotatable bonds is 9. The average Bonchev–Trinajstić information content (AvgIpc) is 3.25. The summed E-state index contributed by atoms with van der Waals surface area (Å²) >= 11 is 0. The van der Waals surface area contributed by atoms with Gasteiger partial charge in [-0.2, -0.15) is 5.26 Å². The predicted octanol–water partition coefficient (Wildman–Crippen LogP) is 3.17. The van der Waals surface area contributed by atoms with Gasteiger partial charge in [-0.3, -0.25) is 0 Å². The van der Waals surface area contributed by atoms with Crippen molar-refractivity contribution >= 4 is 10.9 Å². The highest BCUT2D eigenvalue weighted by Crippen LogP contribution is 2.29. The lowest BCUT2D eigenvalue weighted by Gasteiger charge is -2.17. The summed E-state index contributed by atoms with van der Waals surface area (Å²) in [6.07, 6.45) is 1.51. The molecule has 0 aliphatic carbocycles. The Labute approximate surface area is 181 Å². The molecule has 156 valence electrons. The van der Waals surface area contributed by atoms with Gasteiger partial charge in [-0.25, -0.2) is 0 Å². The van der Waals surface area contributed by atoms with E-state index in [1.807, 2.05) is 12.1 Å². The fourth-order valence-electron chi connectivity index (χ4n) is 3.85. The van der Waals surface area contributed by atoms with E-state index in [-0.39, 0.29) is 12.5 Å². The highest BCUT2D eigenvalue weighted by atomic mass is 16.5. The number of aromatic amines is 1. The van der Waals surface area contributed by atoms with Crippen molar-refractivity contribution in [2.24, 2.45) is 0 Å². The first-order chi connectivity index (χ1) is 15.2. The van der Waals surface area contributed by atoms with Crippen LogP contribution in [-0.2, 0) is 0 Å². The van der Waals surface area contributed by atoms with Crippen LogP contribution in [0.5, 0.6) is 5.75 Å². The molecule has 0 aliphatic rings. The van der Waals surface area contributed by atoms with Crippen LogP contribution in [-0.4, -0.2) is 35.9 Å². The number of nitrogens with two attached hydrogens (primary N) is 1. The molecule has 0 radical (unpaired) electrons. The maximum atomic E-state index is 10.4.